The van der Waals surface area contributed by atoms with E-state index < -0.39 is 0 Å². The van der Waals surface area contributed by atoms with E-state index in [1.807, 2.05) is 42.5 Å². The lowest BCUT2D eigenvalue weighted by atomic mass is 9.98. The van der Waals surface area contributed by atoms with E-state index in [2.05, 4.69) is 17.1 Å². The van der Waals surface area contributed by atoms with Gasteiger partial charge in [0.05, 0.1) is 5.56 Å². The SMILES string of the molecule is CC1CCN(c2ccc(N)cc2C(=O)NCc2ccccc2)CC1. The van der Waals surface area contributed by atoms with Crippen LogP contribution in [0.1, 0.15) is 35.7 Å². The quantitative estimate of drug-likeness (QED) is 0.848. The van der Waals surface area contributed by atoms with Crippen molar-refractivity contribution in [3.63, 3.8) is 0 Å². The molecule has 0 unspecified atom stereocenters. The number of nitrogen functional groups attached to an aromatic ring is 1. The van der Waals surface area contributed by atoms with Crippen molar-refractivity contribution in [1.82, 2.24) is 5.32 Å². The molecule has 0 spiro atoms. The van der Waals surface area contributed by atoms with Crippen LogP contribution in [0.2, 0.25) is 0 Å². The van der Waals surface area contributed by atoms with Crippen LogP contribution in [0.5, 0.6) is 0 Å². The van der Waals surface area contributed by atoms with Gasteiger partial charge in [0.15, 0.2) is 0 Å². The maximum absolute atomic E-state index is 12.7. The molecule has 2 aromatic rings. The Kier molecular flexibility index (Phi) is 5.04. The minimum Gasteiger partial charge on any atom is -0.399 e. The van der Waals surface area contributed by atoms with Crippen LogP contribution in [0.15, 0.2) is 48.5 Å². The molecule has 0 aromatic heterocycles. The van der Waals surface area contributed by atoms with Gasteiger partial charge < -0.3 is 16.0 Å². The Balaban J connectivity index is 1.76. The van der Waals surface area contributed by atoms with Gasteiger partial charge in [0.25, 0.3) is 5.91 Å². The van der Waals surface area contributed by atoms with Crippen molar-refractivity contribution in [2.45, 2.75) is 26.3 Å². The lowest BCUT2D eigenvalue weighted by Crippen LogP contribution is -2.35. The summed E-state index contributed by atoms with van der Waals surface area (Å²) in [4.78, 5) is 15.0. The van der Waals surface area contributed by atoms with Gasteiger partial charge in [-0.1, -0.05) is 37.3 Å². The molecule has 1 aliphatic rings. The Morgan fingerprint density at radius 3 is 2.58 bits per heavy atom. The Morgan fingerprint density at radius 1 is 1.17 bits per heavy atom. The van der Waals surface area contributed by atoms with Crippen LogP contribution in [-0.4, -0.2) is 19.0 Å². The minimum atomic E-state index is -0.0697. The number of hydrogen-bond donors (Lipinski definition) is 2. The zero-order valence-corrected chi connectivity index (χ0v) is 14.2. The zero-order chi connectivity index (χ0) is 16.9. The second-order valence-corrected chi connectivity index (χ2v) is 6.61. The van der Waals surface area contributed by atoms with Gasteiger partial charge in [-0.25, -0.2) is 0 Å². The molecule has 1 heterocycles. The second kappa shape index (κ2) is 7.39. The van der Waals surface area contributed by atoms with Crippen molar-refractivity contribution in [3.8, 4) is 0 Å². The highest BCUT2D eigenvalue weighted by atomic mass is 16.1. The summed E-state index contributed by atoms with van der Waals surface area (Å²) in [5, 5.41) is 3.01. The predicted octanol–water partition coefficient (Wildman–Crippen LogP) is 3.44. The molecule has 4 heteroatoms. The van der Waals surface area contributed by atoms with Gasteiger partial charge in [-0.15, -0.1) is 0 Å². The average molecular weight is 323 g/mol. The first kappa shape index (κ1) is 16.4. The van der Waals surface area contributed by atoms with Gasteiger partial charge in [-0.2, -0.15) is 0 Å². The molecule has 3 N–H and O–H groups in total. The molecule has 0 aliphatic carbocycles. The van der Waals surface area contributed by atoms with Gasteiger partial charge in [0.2, 0.25) is 0 Å². The van der Waals surface area contributed by atoms with Crippen LogP contribution in [0.4, 0.5) is 11.4 Å². The van der Waals surface area contributed by atoms with E-state index in [0.717, 1.165) is 43.1 Å². The number of anilines is 2. The maximum atomic E-state index is 12.7. The van der Waals surface area contributed by atoms with Crippen molar-refractivity contribution >= 4 is 17.3 Å². The predicted molar refractivity (Wildman–Crippen MR) is 99.1 cm³/mol. The Labute approximate surface area is 143 Å². The van der Waals surface area contributed by atoms with E-state index in [0.29, 0.717) is 17.8 Å². The first-order chi connectivity index (χ1) is 11.6. The zero-order valence-electron chi connectivity index (χ0n) is 14.2. The number of nitrogens with two attached hydrogens (primary N) is 1. The van der Waals surface area contributed by atoms with Crippen molar-refractivity contribution in [2.24, 2.45) is 5.92 Å². The largest absolute Gasteiger partial charge is 0.399 e. The van der Waals surface area contributed by atoms with Crippen LogP contribution in [0, 0.1) is 5.92 Å². The number of benzene rings is 2. The fourth-order valence-corrected chi connectivity index (χ4v) is 3.13. The fourth-order valence-electron chi connectivity index (χ4n) is 3.13. The number of rotatable bonds is 4. The molecule has 0 bridgehead atoms. The molecule has 1 saturated heterocycles. The summed E-state index contributed by atoms with van der Waals surface area (Å²) in [6, 6.07) is 15.6. The molecule has 1 amide bonds. The highest BCUT2D eigenvalue weighted by Gasteiger charge is 2.21. The summed E-state index contributed by atoms with van der Waals surface area (Å²) in [5.41, 5.74) is 9.29. The van der Waals surface area contributed by atoms with E-state index in [9.17, 15) is 4.79 Å². The number of nitrogens with one attached hydrogen (secondary N) is 1. The third-order valence-corrected chi connectivity index (χ3v) is 4.69. The summed E-state index contributed by atoms with van der Waals surface area (Å²) >= 11 is 0. The summed E-state index contributed by atoms with van der Waals surface area (Å²) < 4.78 is 0. The fraction of sp³-hybridized carbons (Fsp3) is 0.350. The van der Waals surface area contributed by atoms with Crippen LogP contribution >= 0.6 is 0 Å². The van der Waals surface area contributed by atoms with Crippen LogP contribution in [0.3, 0.4) is 0 Å². The molecule has 1 fully saturated rings. The molecule has 2 aromatic carbocycles. The normalized spacial score (nSPS) is 15.3. The third kappa shape index (κ3) is 3.88. The molecule has 3 rings (SSSR count). The highest BCUT2D eigenvalue weighted by molar-refractivity contribution is 6.00. The lowest BCUT2D eigenvalue weighted by Gasteiger charge is -2.33. The molecule has 4 nitrogen and oxygen atoms in total. The molecule has 1 aliphatic heterocycles. The first-order valence-corrected chi connectivity index (χ1v) is 8.60. The van der Waals surface area contributed by atoms with Gasteiger partial charge in [-0.05, 0) is 42.5 Å². The number of piperidine rings is 1. The van der Waals surface area contributed by atoms with E-state index in [4.69, 9.17) is 5.73 Å². The minimum absolute atomic E-state index is 0.0697. The standard InChI is InChI=1S/C20H25N3O/c1-15-9-11-23(12-10-15)19-8-7-17(21)13-18(19)20(24)22-14-16-5-3-2-4-6-16/h2-8,13,15H,9-12,14,21H2,1H3,(H,22,24). The first-order valence-electron chi connectivity index (χ1n) is 8.60. The van der Waals surface area contributed by atoms with E-state index in [1.165, 1.54) is 0 Å². The van der Waals surface area contributed by atoms with Crippen molar-refractivity contribution in [1.29, 1.82) is 0 Å². The van der Waals surface area contributed by atoms with Crippen LogP contribution < -0.4 is 16.0 Å². The van der Waals surface area contributed by atoms with Crippen molar-refractivity contribution < 1.29 is 4.79 Å². The summed E-state index contributed by atoms with van der Waals surface area (Å²) in [5.74, 6) is 0.685. The number of nitrogens with zero attached hydrogens (tertiary/aromatic N) is 1. The lowest BCUT2D eigenvalue weighted by molar-refractivity contribution is 0.0951. The number of carbonyl (C=O) groups excluding carboxylic acids is 1. The van der Waals surface area contributed by atoms with E-state index in [1.54, 1.807) is 6.07 Å². The number of hydrogen-bond acceptors (Lipinski definition) is 3. The van der Waals surface area contributed by atoms with Gasteiger partial charge in [-0.3, -0.25) is 4.79 Å². The summed E-state index contributed by atoms with van der Waals surface area (Å²) in [6.45, 7) is 4.78. The summed E-state index contributed by atoms with van der Waals surface area (Å²) in [7, 11) is 0. The molecule has 126 valence electrons. The van der Waals surface area contributed by atoms with Gasteiger partial charge in [0.1, 0.15) is 0 Å². The molecule has 0 radical (unpaired) electrons. The molecule has 0 atom stereocenters. The van der Waals surface area contributed by atoms with Gasteiger partial charge in [0, 0.05) is 31.0 Å². The maximum Gasteiger partial charge on any atom is 0.253 e. The highest BCUT2D eigenvalue weighted by Crippen LogP contribution is 2.28. The van der Waals surface area contributed by atoms with Crippen LogP contribution in [0.25, 0.3) is 0 Å². The van der Waals surface area contributed by atoms with Gasteiger partial charge >= 0.3 is 0 Å². The molecule has 0 saturated carbocycles. The van der Waals surface area contributed by atoms with E-state index in [-0.39, 0.29) is 5.91 Å². The van der Waals surface area contributed by atoms with Crippen molar-refractivity contribution in [2.75, 3.05) is 23.7 Å². The topological polar surface area (TPSA) is 58.4 Å². The van der Waals surface area contributed by atoms with Crippen LogP contribution in [-0.2, 0) is 6.54 Å². The van der Waals surface area contributed by atoms with E-state index >= 15 is 0 Å². The Hall–Kier alpha value is -2.49. The summed E-state index contributed by atoms with van der Waals surface area (Å²) in [6.07, 6.45) is 2.32. The Morgan fingerprint density at radius 2 is 1.88 bits per heavy atom. The smallest absolute Gasteiger partial charge is 0.253 e. The number of carbonyl (C=O) groups is 1. The Bertz CT molecular complexity index is 691. The molecular formula is C20H25N3O. The monoisotopic (exact) mass is 323 g/mol. The molecule has 24 heavy (non-hydrogen) atoms. The molecular weight excluding hydrogens is 298 g/mol. The second-order valence-electron chi connectivity index (χ2n) is 6.61. The third-order valence-electron chi connectivity index (χ3n) is 4.69. The number of amides is 1. The average Bonchev–Trinajstić information content (AvgIpc) is 2.61. The van der Waals surface area contributed by atoms with Crippen molar-refractivity contribution in [3.05, 3.63) is 59.7 Å².